The summed E-state index contributed by atoms with van der Waals surface area (Å²) in [5.74, 6) is 0. The Morgan fingerprint density at radius 3 is 1.71 bits per heavy atom. The largest absolute Gasteiger partial charge is 0.216 e. The van der Waals surface area contributed by atoms with Crippen molar-refractivity contribution < 1.29 is 4.39 Å². The number of halogens is 1. The van der Waals surface area contributed by atoms with Crippen LogP contribution < -0.4 is 0 Å². The molecule has 7 heavy (non-hydrogen) atoms. The lowest BCUT2D eigenvalue weighted by atomic mass is 11.2. The maximum absolute atomic E-state index is 11.3. The third-order valence-electron chi connectivity index (χ3n) is 0.563. The van der Waals surface area contributed by atoms with Crippen LogP contribution in [0.1, 0.15) is 0 Å². The Balaban J connectivity index is 3.56. The van der Waals surface area contributed by atoms with Gasteiger partial charge < -0.3 is 0 Å². The Labute approximate surface area is 45.1 Å². The Bertz CT molecular complexity index is 70.6. The molecule has 0 aliphatic rings. The van der Waals surface area contributed by atoms with E-state index in [0.717, 1.165) is 0 Å². The minimum absolute atomic E-state index is 0.645. The zero-order valence-electron chi connectivity index (χ0n) is 5.03. The molecule has 0 aromatic rings. The Morgan fingerprint density at radius 1 is 1.29 bits per heavy atom. The fourth-order valence-corrected chi connectivity index (χ4v) is 0.567. The van der Waals surface area contributed by atoms with Gasteiger partial charge in [-0.3, -0.25) is 0 Å². The lowest BCUT2D eigenvalue weighted by Crippen LogP contribution is -2.14. The summed E-state index contributed by atoms with van der Waals surface area (Å²) < 4.78 is 11.3. The van der Waals surface area contributed by atoms with Gasteiger partial charge >= 0.3 is 0 Å². The van der Waals surface area contributed by atoms with Crippen molar-refractivity contribution in [1.82, 2.24) is 0 Å². The van der Waals surface area contributed by atoms with E-state index >= 15 is 0 Å². The smallest absolute Gasteiger partial charge is 0.0788 e. The lowest BCUT2D eigenvalue weighted by Gasteiger charge is -2.04. The number of hydrogen-bond donors (Lipinski definition) is 0. The van der Waals surface area contributed by atoms with Gasteiger partial charge in [-0.2, -0.15) is 0 Å². The molecule has 0 amide bonds. The predicted octanol–water partition coefficient (Wildman–Crippen LogP) is 2.35. The highest BCUT2D eigenvalue weighted by atomic mass is 28.3. The van der Waals surface area contributed by atoms with Gasteiger partial charge in [-0.1, -0.05) is 25.3 Å². The molecule has 0 spiro atoms. The lowest BCUT2D eigenvalue weighted by molar-refractivity contribution is 0.722. The summed E-state index contributed by atoms with van der Waals surface area (Å²) in [7, 11) is -1.21. The summed E-state index contributed by atoms with van der Waals surface area (Å²) >= 11 is 0. The molecule has 0 bridgehead atoms. The first kappa shape index (κ1) is 6.89. The van der Waals surface area contributed by atoms with Crippen molar-refractivity contribution in [2.24, 2.45) is 0 Å². The van der Waals surface area contributed by atoms with Crippen molar-refractivity contribution in [2.45, 2.75) is 19.6 Å². The zero-order chi connectivity index (χ0) is 5.91. The molecule has 42 valence electrons. The van der Waals surface area contributed by atoms with Crippen molar-refractivity contribution in [3.05, 3.63) is 12.0 Å². The van der Waals surface area contributed by atoms with Gasteiger partial charge in [-0.15, -0.1) is 0 Å². The Morgan fingerprint density at radius 2 is 1.71 bits per heavy atom. The van der Waals surface area contributed by atoms with Crippen LogP contribution in [0.15, 0.2) is 12.0 Å². The molecule has 2 heteroatoms. The molecule has 0 rings (SSSR count). The van der Waals surface area contributed by atoms with Crippen LogP contribution >= 0.6 is 0 Å². The van der Waals surface area contributed by atoms with E-state index in [4.69, 9.17) is 0 Å². The summed E-state index contributed by atoms with van der Waals surface area (Å²) in [4.78, 5) is 0. The van der Waals surface area contributed by atoms with Gasteiger partial charge in [-0.25, -0.2) is 4.39 Å². The van der Waals surface area contributed by atoms with Crippen molar-refractivity contribution in [1.29, 1.82) is 0 Å². The van der Waals surface area contributed by atoms with Gasteiger partial charge in [0.1, 0.15) is 0 Å². The van der Waals surface area contributed by atoms with E-state index in [1.54, 1.807) is 5.70 Å². The first-order valence-electron chi connectivity index (χ1n) is 2.34. The monoisotopic (exact) mass is 118 g/mol. The van der Waals surface area contributed by atoms with E-state index in [0.29, 0.717) is 6.33 Å². The van der Waals surface area contributed by atoms with Crippen molar-refractivity contribution in [3.8, 4) is 0 Å². The van der Waals surface area contributed by atoms with Gasteiger partial charge in [0.2, 0.25) is 0 Å². The second-order valence-corrected chi connectivity index (χ2v) is 7.72. The van der Waals surface area contributed by atoms with Crippen LogP contribution in [0.2, 0.25) is 19.6 Å². The molecule has 0 aliphatic heterocycles. The Kier molecular flexibility index (Phi) is 2.22. The predicted molar refractivity (Wildman–Crippen MR) is 33.6 cm³/mol. The second-order valence-electron chi connectivity index (χ2n) is 2.66. The maximum atomic E-state index is 11.3. The average molecular weight is 118 g/mol. The third-order valence-corrected chi connectivity index (χ3v) is 1.69. The summed E-state index contributed by atoms with van der Waals surface area (Å²) in [5, 5.41) is 0. The first-order chi connectivity index (χ1) is 3.06. The second kappa shape index (κ2) is 2.26. The maximum Gasteiger partial charge on any atom is 0.0788 e. The number of hydrogen-bond acceptors (Lipinski definition) is 0. The van der Waals surface area contributed by atoms with E-state index in [1.807, 2.05) is 0 Å². The van der Waals surface area contributed by atoms with Gasteiger partial charge in [0.05, 0.1) is 14.4 Å². The van der Waals surface area contributed by atoms with Crippen molar-refractivity contribution in [3.63, 3.8) is 0 Å². The van der Waals surface area contributed by atoms with Gasteiger partial charge in [-0.05, 0) is 0 Å². The molecule has 0 nitrogen and oxygen atoms in total. The average Bonchev–Trinajstić information content (AvgIpc) is 1.30. The summed E-state index contributed by atoms with van der Waals surface area (Å²) in [6, 6.07) is 0. The fourth-order valence-electron chi connectivity index (χ4n) is 0.189. The van der Waals surface area contributed by atoms with Crippen molar-refractivity contribution >= 4 is 8.07 Å². The highest BCUT2D eigenvalue weighted by molar-refractivity contribution is 6.80. The summed E-state index contributed by atoms with van der Waals surface area (Å²) in [6.07, 6.45) is 0.645. The van der Waals surface area contributed by atoms with Crippen LogP contribution in [0.3, 0.4) is 0 Å². The highest BCUT2D eigenvalue weighted by Crippen LogP contribution is 2.00. The molecular formula is C5H11FSi. The van der Waals surface area contributed by atoms with E-state index in [-0.39, 0.29) is 0 Å². The zero-order valence-corrected chi connectivity index (χ0v) is 6.03. The number of rotatable bonds is 1. The minimum atomic E-state index is -1.21. The highest BCUT2D eigenvalue weighted by Gasteiger charge is 2.05. The molecule has 0 saturated heterocycles. The quantitative estimate of drug-likeness (QED) is 0.464. The van der Waals surface area contributed by atoms with Crippen LogP contribution in [0.4, 0.5) is 4.39 Å². The molecule has 0 N–H and O–H groups in total. The Hall–Kier alpha value is -0.113. The van der Waals surface area contributed by atoms with E-state index < -0.39 is 8.07 Å². The van der Waals surface area contributed by atoms with E-state index in [1.165, 1.54) is 0 Å². The van der Waals surface area contributed by atoms with E-state index in [9.17, 15) is 4.39 Å². The SMILES string of the molecule is C[Si](C)(C)C=CF. The molecule has 0 radical (unpaired) electrons. The van der Waals surface area contributed by atoms with Crippen LogP contribution in [-0.2, 0) is 0 Å². The molecule has 0 aromatic heterocycles. The van der Waals surface area contributed by atoms with Crippen molar-refractivity contribution in [2.75, 3.05) is 0 Å². The van der Waals surface area contributed by atoms with Gasteiger partial charge in [0, 0.05) is 0 Å². The molecule has 0 atom stereocenters. The normalized spacial score (nSPS) is 13.1. The summed E-state index contributed by atoms with van der Waals surface area (Å²) in [6.45, 7) is 6.26. The third kappa shape index (κ3) is 5.89. The topological polar surface area (TPSA) is 0 Å². The summed E-state index contributed by atoms with van der Waals surface area (Å²) in [5.41, 5.74) is 1.66. The fraction of sp³-hybridized carbons (Fsp3) is 0.600. The van der Waals surface area contributed by atoms with Gasteiger partial charge in [0.15, 0.2) is 0 Å². The van der Waals surface area contributed by atoms with Gasteiger partial charge in [0.25, 0.3) is 0 Å². The van der Waals surface area contributed by atoms with Crippen LogP contribution in [-0.4, -0.2) is 8.07 Å². The molecule has 0 fully saturated rings. The van der Waals surface area contributed by atoms with E-state index in [2.05, 4.69) is 19.6 Å². The minimum Gasteiger partial charge on any atom is -0.216 e. The molecular weight excluding hydrogens is 107 g/mol. The molecule has 0 saturated carbocycles. The van der Waals surface area contributed by atoms with Crippen LogP contribution in [0.5, 0.6) is 0 Å². The first-order valence-corrected chi connectivity index (χ1v) is 5.92. The molecule has 0 aliphatic carbocycles. The standard InChI is InChI=1S/C5H11FSi/c1-7(2,3)5-4-6/h4-5H,1-3H3. The molecule has 0 unspecified atom stereocenters. The van der Waals surface area contributed by atoms with Crippen LogP contribution in [0, 0.1) is 0 Å². The molecule has 0 aromatic carbocycles. The van der Waals surface area contributed by atoms with Crippen LogP contribution in [0.25, 0.3) is 0 Å². The molecule has 0 heterocycles.